The summed E-state index contributed by atoms with van der Waals surface area (Å²) in [4.78, 5) is 23.5. The van der Waals surface area contributed by atoms with Crippen molar-refractivity contribution in [3.8, 4) is 0 Å². The van der Waals surface area contributed by atoms with Gasteiger partial charge in [0.2, 0.25) is 0 Å². The van der Waals surface area contributed by atoms with Gasteiger partial charge in [-0.3, -0.25) is 14.9 Å². The Labute approximate surface area is 158 Å². The molecule has 2 aromatic carbocycles. The van der Waals surface area contributed by atoms with Gasteiger partial charge in [0.15, 0.2) is 0 Å². The SMILES string of the molecule is O=C(N[C@H]1C[C@H]2CC[C@H]1C2)/C(=C/c1ccc([N+](=O)[O-])cc1)c1ccccc1. The predicted octanol–water partition coefficient (Wildman–Crippen LogP) is 4.44. The third-order valence-corrected chi connectivity index (χ3v) is 5.80. The molecule has 2 aliphatic carbocycles. The average molecular weight is 362 g/mol. The van der Waals surface area contributed by atoms with Crippen LogP contribution in [0.5, 0.6) is 0 Å². The first-order chi connectivity index (χ1) is 13.1. The Morgan fingerprint density at radius 3 is 2.37 bits per heavy atom. The van der Waals surface area contributed by atoms with Gasteiger partial charge in [-0.2, -0.15) is 0 Å². The summed E-state index contributed by atoms with van der Waals surface area (Å²) in [6.07, 6.45) is 6.62. The summed E-state index contributed by atoms with van der Waals surface area (Å²) in [6.45, 7) is 0. The Morgan fingerprint density at radius 1 is 1.04 bits per heavy atom. The van der Waals surface area contributed by atoms with Gasteiger partial charge in [0.25, 0.3) is 11.6 Å². The highest BCUT2D eigenvalue weighted by Gasteiger charge is 2.40. The molecular formula is C22H22N2O3. The molecule has 5 nitrogen and oxygen atoms in total. The lowest BCUT2D eigenvalue weighted by atomic mass is 9.94. The van der Waals surface area contributed by atoms with Gasteiger partial charge < -0.3 is 5.32 Å². The van der Waals surface area contributed by atoms with Crippen LogP contribution in [0.2, 0.25) is 0 Å². The van der Waals surface area contributed by atoms with Crippen molar-refractivity contribution < 1.29 is 9.72 Å². The molecule has 0 aromatic heterocycles. The van der Waals surface area contributed by atoms with Crippen molar-refractivity contribution in [2.24, 2.45) is 11.8 Å². The van der Waals surface area contributed by atoms with E-state index in [1.54, 1.807) is 12.1 Å². The van der Waals surface area contributed by atoms with E-state index in [9.17, 15) is 14.9 Å². The number of amides is 1. The summed E-state index contributed by atoms with van der Waals surface area (Å²) < 4.78 is 0. The van der Waals surface area contributed by atoms with Crippen LogP contribution in [0.15, 0.2) is 54.6 Å². The zero-order valence-corrected chi connectivity index (χ0v) is 15.0. The summed E-state index contributed by atoms with van der Waals surface area (Å²) >= 11 is 0. The summed E-state index contributed by atoms with van der Waals surface area (Å²) in [5.74, 6) is 1.30. The largest absolute Gasteiger partial charge is 0.349 e. The number of nitrogens with one attached hydrogen (secondary N) is 1. The van der Waals surface area contributed by atoms with Crippen molar-refractivity contribution in [2.45, 2.75) is 31.7 Å². The number of carbonyl (C=O) groups excluding carboxylic acids is 1. The van der Waals surface area contributed by atoms with E-state index in [4.69, 9.17) is 0 Å². The van der Waals surface area contributed by atoms with Gasteiger partial charge in [0, 0.05) is 23.7 Å². The monoisotopic (exact) mass is 362 g/mol. The van der Waals surface area contributed by atoms with E-state index in [1.165, 1.54) is 31.4 Å². The van der Waals surface area contributed by atoms with Crippen LogP contribution in [0.25, 0.3) is 11.6 Å². The normalized spacial score (nSPS) is 24.0. The van der Waals surface area contributed by atoms with E-state index in [0.717, 1.165) is 23.5 Å². The van der Waals surface area contributed by atoms with Crippen molar-refractivity contribution in [1.82, 2.24) is 5.32 Å². The molecule has 138 valence electrons. The third kappa shape index (κ3) is 3.77. The van der Waals surface area contributed by atoms with Crippen LogP contribution in [-0.2, 0) is 4.79 Å². The lowest BCUT2D eigenvalue weighted by molar-refractivity contribution is -0.384. The molecule has 2 saturated carbocycles. The van der Waals surface area contributed by atoms with E-state index >= 15 is 0 Å². The third-order valence-electron chi connectivity index (χ3n) is 5.80. The second kappa shape index (κ2) is 7.35. The Balaban J connectivity index is 1.60. The molecule has 0 spiro atoms. The Bertz CT molecular complexity index is 874. The van der Waals surface area contributed by atoms with Crippen molar-refractivity contribution in [2.75, 3.05) is 0 Å². The number of benzene rings is 2. The van der Waals surface area contributed by atoms with Gasteiger partial charge in [-0.1, -0.05) is 36.8 Å². The number of nitro benzene ring substituents is 1. The number of hydrogen-bond donors (Lipinski definition) is 1. The highest BCUT2D eigenvalue weighted by atomic mass is 16.6. The molecule has 0 aliphatic heterocycles. The van der Waals surface area contributed by atoms with Gasteiger partial charge in [-0.05, 0) is 60.4 Å². The standard InChI is InChI=1S/C22H22N2O3/c25-22(23-21-14-16-6-9-18(21)12-16)20(17-4-2-1-3-5-17)13-15-7-10-19(11-8-15)24(26)27/h1-5,7-8,10-11,13,16,18,21H,6,9,12,14H2,(H,23,25)/b20-13+/t16-,18-,21-/m0/s1. The number of nitro groups is 1. The van der Waals surface area contributed by atoms with E-state index in [2.05, 4.69) is 5.32 Å². The van der Waals surface area contributed by atoms with E-state index in [1.807, 2.05) is 36.4 Å². The summed E-state index contributed by atoms with van der Waals surface area (Å²) in [5.41, 5.74) is 2.24. The molecule has 0 saturated heterocycles. The second-order valence-corrected chi connectivity index (χ2v) is 7.53. The van der Waals surface area contributed by atoms with E-state index < -0.39 is 4.92 Å². The minimum atomic E-state index is -0.423. The topological polar surface area (TPSA) is 72.2 Å². The highest BCUT2D eigenvalue weighted by molar-refractivity contribution is 6.24. The van der Waals surface area contributed by atoms with Crippen molar-refractivity contribution >= 4 is 23.2 Å². The first-order valence-electron chi connectivity index (χ1n) is 9.42. The van der Waals surface area contributed by atoms with Crippen molar-refractivity contribution in [3.63, 3.8) is 0 Å². The Kier molecular flexibility index (Phi) is 4.75. The number of hydrogen-bond acceptors (Lipinski definition) is 3. The van der Waals surface area contributed by atoms with Crippen LogP contribution in [-0.4, -0.2) is 16.9 Å². The molecule has 5 heteroatoms. The van der Waals surface area contributed by atoms with Crippen molar-refractivity contribution in [1.29, 1.82) is 0 Å². The molecular weight excluding hydrogens is 340 g/mol. The molecule has 3 atom stereocenters. The van der Waals surface area contributed by atoms with E-state index in [0.29, 0.717) is 11.5 Å². The van der Waals surface area contributed by atoms with Crippen LogP contribution in [0, 0.1) is 22.0 Å². The number of non-ortho nitro benzene ring substituents is 1. The molecule has 27 heavy (non-hydrogen) atoms. The predicted molar refractivity (Wildman–Crippen MR) is 105 cm³/mol. The zero-order valence-electron chi connectivity index (χ0n) is 15.0. The lowest BCUT2D eigenvalue weighted by Crippen LogP contribution is -2.38. The minimum absolute atomic E-state index is 0.0415. The maximum atomic E-state index is 13.1. The first kappa shape index (κ1) is 17.5. The van der Waals surface area contributed by atoms with Gasteiger partial charge in [-0.25, -0.2) is 0 Å². The van der Waals surface area contributed by atoms with Crippen LogP contribution >= 0.6 is 0 Å². The fourth-order valence-electron chi connectivity index (χ4n) is 4.42. The molecule has 0 unspecified atom stereocenters. The quantitative estimate of drug-likeness (QED) is 0.370. The molecule has 0 heterocycles. The molecule has 1 N–H and O–H groups in total. The lowest BCUT2D eigenvalue weighted by Gasteiger charge is -2.23. The summed E-state index contributed by atoms with van der Waals surface area (Å²) in [5, 5.41) is 14.1. The molecule has 0 radical (unpaired) electrons. The highest BCUT2D eigenvalue weighted by Crippen LogP contribution is 2.44. The summed E-state index contributed by atoms with van der Waals surface area (Å²) in [7, 11) is 0. The smallest absolute Gasteiger partial charge is 0.269 e. The maximum absolute atomic E-state index is 13.1. The molecule has 2 aliphatic rings. The van der Waals surface area contributed by atoms with Gasteiger partial charge in [0.1, 0.15) is 0 Å². The van der Waals surface area contributed by atoms with Gasteiger partial charge in [0.05, 0.1) is 4.92 Å². The van der Waals surface area contributed by atoms with Crippen LogP contribution in [0.1, 0.15) is 36.8 Å². The maximum Gasteiger partial charge on any atom is 0.269 e. The second-order valence-electron chi connectivity index (χ2n) is 7.53. The molecule has 4 rings (SSSR count). The number of rotatable bonds is 5. The van der Waals surface area contributed by atoms with Crippen molar-refractivity contribution in [3.05, 3.63) is 75.8 Å². The minimum Gasteiger partial charge on any atom is -0.349 e. The van der Waals surface area contributed by atoms with Gasteiger partial charge in [-0.15, -0.1) is 0 Å². The van der Waals surface area contributed by atoms with Gasteiger partial charge >= 0.3 is 0 Å². The van der Waals surface area contributed by atoms with Crippen LogP contribution < -0.4 is 5.32 Å². The van der Waals surface area contributed by atoms with Crippen LogP contribution in [0.3, 0.4) is 0 Å². The molecule has 2 bridgehead atoms. The fraction of sp³-hybridized carbons (Fsp3) is 0.318. The average Bonchev–Trinajstić information content (AvgIpc) is 3.30. The number of carbonyl (C=O) groups is 1. The zero-order chi connectivity index (χ0) is 18.8. The summed E-state index contributed by atoms with van der Waals surface area (Å²) in [6, 6.07) is 16.1. The Morgan fingerprint density at radius 2 is 1.78 bits per heavy atom. The van der Waals surface area contributed by atoms with E-state index in [-0.39, 0.29) is 17.6 Å². The van der Waals surface area contributed by atoms with Crippen LogP contribution in [0.4, 0.5) is 5.69 Å². The first-order valence-corrected chi connectivity index (χ1v) is 9.42. The number of fused-ring (bicyclic) bond motifs is 2. The molecule has 2 fully saturated rings. The number of nitrogens with zero attached hydrogens (tertiary/aromatic N) is 1. The fourth-order valence-corrected chi connectivity index (χ4v) is 4.42. The molecule has 1 amide bonds. The Hall–Kier alpha value is -2.95. The molecule has 2 aromatic rings.